The number of piperazine rings is 1. The van der Waals surface area contributed by atoms with Crippen molar-refractivity contribution in [1.82, 2.24) is 14.7 Å². The van der Waals surface area contributed by atoms with E-state index in [0.29, 0.717) is 19.6 Å². The summed E-state index contributed by atoms with van der Waals surface area (Å²) >= 11 is 0. The van der Waals surface area contributed by atoms with Crippen molar-refractivity contribution in [3.63, 3.8) is 0 Å². The zero-order valence-electron chi connectivity index (χ0n) is 19.4. The van der Waals surface area contributed by atoms with Gasteiger partial charge in [-0.3, -0.25) is 14.6 Å². The third-order valence-corrected chi connectivity index (χ3v) is 5.34. The average molecular weight is 429 g/mol. The van der Waals surface area contributed by atoms with E-state index in [-0.39, 0.29) is 5.91 Å². The number of hydrogen-bond acceptors (Lipinski definition) is 5. The van der Waals surface area contributed by atoms with Gasteiger partial charge in [-0.2, -0.15) is 5.10 Å². The lowest BCUT2D eigenvalue weighted by Crippen LogP contribution is -2.65. The lowest BCUT2D eigenvalue weighted by Gasteiger charge is -2.45. The fourth-order valence-corrected chi connectivity index (χ4v) is 3.71. The van der Waals surface area contributed by atoms with Crippen LogP contribution in [0.1, 0.15) is 45.7 Å². The van der Waals surface area contributed by atoms with Crippen molar-refractivity contribution in [1.29, 1.82) is 0 Å². The van der Waals surface area contributed by atoms with Crippen molar-refractivity contribution in [2.75, 3.05) is 25.1 Å². The van der Waals surface area contributed by atoms with Gasteiger partial charge in [0.1, 0.15) is 22.7 Å². The van der Waals surface area contributed by atoms with Gasteiger partial charge in [0.05, 0.1) is 19.9 Å². The van der Waals surface area contributed by atoms with Crippen molar-refractivity contribution in [3.05, 3.63) is 41.6 Å². The van der Waals surface area contributed by atoms with Crippen LogP contribution in [0.2, 0.25) is 0 Å². The quantitative estimate of drug-likeness (QED) is 0.744. The Kier molecular flexibility index (Phi) is 6.02. The number of hydrogen-bond donors (Lipinski definition) is 0. The number of carbonyl (C=O) groups excluding carboxylic acids is 2. The number of rotatable bonds is 4. The minimum Gasteiger partial charge on any atom is -0.497 e. The van der Waals surface area contributed by atoms with Crippen LogP contribution in [-0.4, -0.2) is 58.0 Å². The van der Waals surface area contributed by atoms with Crippen molar-refractivity contribution >= 4 is 17.8 Å². The molecule has 0 saturated carbocycles. The third-order valence-electron chi connectivity index (χ3n) is 5.34. The Labute approximate surface area is 183 Å². The molecule has 0 bridgehead atoms. The topological polar surface area (TPSA) is 76.9 Å². The maximum absolute atomic E-state index is 13.5. The average Bonchev–Trinajstić information content (AvgIpc) is 3.03. The highest BCUT2D eigenvalue weighted by Gasteiger charge is 2.47. The molecule has 1 aliphatic heterocycles. The van der Waals surface area contributed by atoms with E-state index in [2.05, 4.69) is 5.10 Å². The summed E-state index contributed by atoms with van der Waals surface area (Å²) in [6.45, 7) is 12.2. The van der Waals surface area contributed by atoms with Crippen LogP contribution in [-0.2, 0) is 16.1 Å². The molecule has 0 aliphatic carbocycles. The van der Waals surface area contributed by atoms with Crippen molar-refractivity contribution in [2.45, 2.75) is 59.2 Å². The molecule has 1 saturated heterocycles. The molecular formula is C23H32N4O4. The summed E-state index contributed by atoms with van der Waals surface area (Å²) in [6, 6.07) is 7.76. The second-order valence-corrected chi connectivity index (χ2v) is 9.30. The molecule has 1 fully saturated rings. The smallest absolute Gasteiger partial charge is 0.411 e. The molecular weight excluding hydrogens is 396 g/mol. The predicted molar refractivity (Wildman–Crippen MR) is 118 cm³/mol. The van der Waals surface area contributed by atoms with E-state index in [0.717, 1.165) is 22.7 Å². The van der Waals surface area contributed by atoms with Gasteiger partial charge in [0.15, 0.2) is 0 Å². The molecule has 2 amide bonds. The molecule has 1 aromatic heterocycles. The molecule has 2 aromatic rings. The van der Waals surface area contributed by atoms with Gasteiger partial charge in [-0.15, -0.1) is 0 Å². The number of ether oxygens (including phenoxy) is 2. The highest BCUT2D eigenvalue weighted by molar-refractivity contribution is 6.02. The Balaban J connectivity index is 1.85. The van der Waals surface area contributed by atoms with Crippen LogP contribution < -0.4 is 9.64 Å². The molecule has 0 unspecified atom stereocenters. The molecule has 2 heterocycles. The van der Waals surface area contributed by atoms with Gasteiger partial charge in [0, 0.05) is 18.7 Å². The van der Waals surface area contributed by atoms with Crippen LogP contribution in [0.25, 0.3) is 0 Å². The van der Waals surface area contributed by atoms with Crippen molar-refractivity contribution < 1.29 is 19.1 Å². The van der Waals surface area contributed by atoms with Crippen molar-refractivity contribution in [3.8, 4) is 5.75 Å². The van der Waals surface area contributed by atoms with Crippen LogP contribution in [0.15, 0.2) is 30.5 Å². The first-order valence-electron chi connectivity index (χ1n) is 10.4. The van der Waals surface area contributed by atoms with Gasteiger partial charge < -0.3 is 9.47 Å². The van der Waals surface area contributed by atoms with Crippen LogP contribution in [0.3, 0.4) is 0 Å². The second-order valence-electron chi connectivity index (χ2n) is 9.30. The van der Waals surface area contributed by atoms with Gasteiger partial charge in [-0.1, -0.05) is 12.1 Å². The Morgan fingerprint density at radius 2 is 1.81 bits per heavy atom. The van der Waals surface area contributed by atoms with Gasteiger partial charge in [0.2, 0.25) is 0 Å². The number of amides is 2. The van der Waals surface area contributed by atoms with E-state index in [4.69, 9.17) is 9.47 Å². The standard InChI is InChI=1S/C23H32N4O4/c1-16-14-24-27(15-17-8-10-18(30-7)11-9-17)19(16)25-12-13-26(23(5,6)20(25)28)21(29)31-22(2,3)4/h8-11,14H,12-13,15H2,1-7H3. The van der Waals surface area contributed by atoms with E-state index in [9.17, 15) is 9.59 Å². The number of benzene rings is 1. The van der Waals surface area contributed by atoms with E-state index in [1.54, 1.807) is 32.1 Å². The summed E-state index contributed by atoms with van der Waals surface area (Å²) in [5, 5.41) is 4.50. The number of methoxy groups -OCH3 is 1. The van der Waals surface area contributed by atoms with Crippen LogP contribution in [0.4, 0.5) is 10.6 Å². The first kappa shape index (κ1) is 22.7. The lowest BCUT2D eigenvalue weighted by atomic mass is 9.97. The maximum Gasteiger partial charge on any atom is 0.411 e. The number of aryl methyl sites for hydroxylation is 1. The summed E-state index contributed by atoms with van der Waals surface area (Å²) in [4.78, 5) is 29.4. The van der Waals surface area contributed by atoms with Crippen LogP contribution in [0.5, 0.6) is 5.75 Å². The van der Waals surface area contributed by atoms with Crippen molar-refractivity contribution in [2.24, 2.45) is 0 Å². The number of aromatic nitrogens is 2. The molecule has 3 rings (SSSR count). The fourth-order valence-electron chi connectivity index (χ4n) is 3.71. The molecule has 8 heteroatoms. The van der Waals surface area contributed by atoms with Gasteiger partial charge >= 0.3 is 6.09 Å². The Morgan fingerprint density at radius 3 is 2.39 bits per heavy atom. The Hall–Kier alpha value is -3.03. The molecule has 0 atom stereocenters. The van der Waals surface area contributed by atoms with E-state index < -0.39 is 17.2 Å². The summed E-state index contributed by atoms with van der Waals surface area (Å²) < 4.78 is 12.6. The molecule has 168 valence electrons. The summed E-state index contributed by atoms with van der Waals surface area (Å²) in [7, 11) is 1.63. The van der Waals surface area contributed by atoms with E-state index in [1.807, 2.05) is 56.6 Å². The fraction of sp³-hybridized carbons (Fsp3) is 0.522. The highest BCUT2D eigenvalue weighted by atomic mass is 16.6. The zero-order chi connectivity index (χ0) is 23.0. The normalized spacial score (nSPS) is 16.4. The largest absolute Gasteiger partial charge is 0.497 e. The second kappa shape index (κ2) is 8.24. The number of anilines is 1. The first-order valence-corrected chi connectivity index (χ1v) is 10.4. The third kappa shape index (κ3) is 4.68. The van der Waals surface area contributed by atoms with Crippen LogP contribution >= 0.6 is 0 Å². The minimum absolute atomic E-state index is 0.163. The molecule has 1 aromatic carbocycles. The summed E-state index contributed by atoms with van der Waals surface area (Å²) in [5.74, 6) is 1.37. The monoisotopic (exact) mass is 428 g/mol. The van der Waals surface area contributed by atoms with E-state index in [1.165, 1.54) is 4.90 Å². The Morgan fingerprint density at radius 1 is 1.16 bits per heavy atom. The van der Waals surface area contributed by atoms with Gasteiger partial charge in [0.25, 0.3) is 5.91 Å². The first-order chi connectivity index (χ1) is 14.4. The molecule has 8 nitrogen and oxygen atoms in total. The van der Waals surface area contributed by atoms with Crippen LogP contribution in [0, 0.1) is 6.92 Å². The Bertz CT molecular complexity index is 957. The SMILES string of the molecule is COc1ccc(Cn2ncc(C)c2N2CCN(C(=O)OC(C)(C)C)C(C)(C)C2=O)cc1. The van der Waals surface area contributed by atoms with Gasteiger partial charge in [-0.25, -0.2) is 9.48 Å². The number of carbonyl (C=O) groups is 2. The van der Waals surface area contributed by atoms with Gasteiger partial charge in [-0.05, 0) is 59.2 Å². The summed E-state index contributed by atoms with van der Waals surface area (Å²) in [6.07, 6.45) is 1.29. The molecule has 0 N–H and O–H groups in total. The maximum atomic E-state index is 13.5. The predicted octanol–water partition coefficient (Wildman–Crippen LogP) is 3.61. The molecule has 0 spiro atoms. The molecule has 1 aliphatic rings. The van der Waals surface area contributed by atoms with E-state index >= 15 is 0 Å². The molecule has 0 radical (unpaired) electrons. The summed E-state index contributed by atoms with van der Waals surface area (Å²) in [5.41, 5.74) is 0.288. The highest BCUT2D eigenvalue weighted by Crippen LogP contribution is 2.31. The lowest BCUT2D eigenvalue weighted by molar-refractivity contribution is -0.131. The minimum atomic E-state index is -1.04. The number of nitrogens with zero attached hydrogens (tertiary/aromatic N) is 4. The zero-order valence-corrected chi connectivity index (χ0v) is 19.4. The molecule has 31 heavy (non-hydrogen) atoms.